The van der Waals surface area contributed by atoms with Gasteiger partial charge in [0.25, 0.3) is 0 Å². The van der Waals surface area contributed by atoms with Crippen molar-refractivity contribution in [2.45, 2.75) is 6.42 Å². The van der Waals surface area contributed by atoms with Crippen LogP contribution in [0.1, 0.15) is 6.42 Å². The van der Waals surface area contributed by atoms with Crippen LogP contribution in [-0.2, 0) is 0 Å². The maximum atomic E-state index is 11.8. The third-order valence-corrected chi connectivity index (χ3v) is 2.35. The first-order chi connectivity index (χ1) is 8.19. The molecule has 0 aliphatic rings. The average Bonchev–Trinajstić information content (AvgIpc) is 2.36. The Balaban J connectivity index is 2.61. The summed E-state index contributed by atoms with van der Waals surface area (Å²) in [5, 5.41) is 11.4. The molecule has 5 nitrogen and oxygen atoms in total. The van der Waals surface area contributed by atoms with Gasteiger partial charge in [0.1, 0.15) is 5.75 Å². The zero-order valence-electron chi connectivity index (χ0n) is 10.1. The van der Waals surface area contributed by atoms with E-state index in [0.717, 1.165) is 0 Å². The van der Waals surface area contributed by atoms with Crippen LogP contribution in [0.3, 0.4) is 0 Å². The van der Waals surface area contributed by atoms with Crippen LogP contribution in [0.4, 0.5) is 10.5 Å². The van der Waals surface area contributed by atoms with Crippen LogP contribution in [-0.4, -0.2) is 43.3 Å². The highest BCUT2D eigenvalue weighted by Gasteiger charge is 2.10. The van der Waals surface area contributed by atoms with Crippen molar-refractivity contribution >= 4 is 11.7 Å². The fraction of sp³-hybridized carbons (Fsp3) is 0.417. The molecule has 0 atom stereocenters. The topological polar surface area (TPSA) is 61.8 Å². The largest absolute Gasteiger partial charge is 0.495 e. The van der Waals surface area contributed by atoms with Gasteiger partial charge in [-0.1, -0.05) is 12.1 Å². The van der Waals surface area contributed by atoms with E-state index in [1.807, 2.05) is 12.1 Å². The summed E-state index contributed by atoms with van der Waals surface area (Å²) in [5.74, 6) is 0.622. The van der Waals surface area contributed by atoms with Gasteiger partial charge in [0.15, 0.2) is 0 Å². The molecule has 0 aromatic heterocycles. The molecule has 17 heavy (non-hydrogen) atoms. The van der Waals surface area contributed by atoms with Crippen LogP contribution in [0.25, 0.3) is 0 Å². The lowest BCUT2D eigenvalue weighted by atomic mass is 10.3. The summed E-state index contributed by atoms with van der Waals surface area (Å²) < 4.78 is 5.13. The fourth-order valence-electron chi connectivity index (χ4n) is 1.37. The highest BCUT2D eigenvalue weighted by molar-refractivity contribution is 5.90. The van der Waals surface area contributed by atoms with Gasteiger partial charge in [-0.15, -0.1) is 0 Å². The number of methoxy groups -OCH3 is 1. The van der Waals surface area contributed by atoms with Gasteiger partial charge < -0.3 is 20.1 Å². The molecule has 0 saturated heterocycles. The molecule has 0 heterocycles. The monoisotopic (exact) mass is 238 g/mol. The Morgan fingerprint density at radius 1 is 1.47 bits per heavy atom. The number of carbonyl (C=O) groups is 1. The molecule has 1 rings (SSSR count). The van der Waals surface area contributed by atoms with Gasteiger partial charge in [-0.05, 0) is 18.6 Å². The van der Waals surface area contributed by atoms with Crippen molar-refractivity contribution in [3.05, 3.63) is 24.3 Å². The van der Waals surface area contributed by atoms with Crippen LogP contribution in [0.5, 0.6) is 5.75 Å². The van der Waals surface area contributed by atoms with Gasteiger partial charge in [-0.3, -0.25) is 0 Å². The lowest BCUT2D eigenvalue weighted by molar-refractivity contribution is 0.213. The average molecular weight is 238 g/mol. The van der Waals surface area contributed by atoms with Crippen LogP contribution >= 0.6 is 0 Å². The van der Waals surface area contributed by atoms with Gasteiger partial charge in [-0.2, -0.15) is 0 Å². The molecule has 1 aromatic carbocycles. The molecular formula is C12H18N2O3. The van der Waals surface area contributed by atoms with Crippen molar-refractivity contribution in [1.29, 1.82) is 0 Å². The number of hydrogen-bond acceptors (Lipinski definition) is 3. The molecule has 0 spiro atoms. The Hall–Kier alpha value is -1.75. The summed E-state index contributed by atoms with van der Waals surface area (Å²) in [5.41, 5.74) is 0.635. The molecule has 2 N–H and O–H groups in total. The minimum atomic E-state index is -0.219. The van der Waals surface area contributed by atoms with E-state index in [-0.39, 0.29) is 12.6 Å². The number of nitrogens with zero attached hydrogens (tertiary/aromatic N) is 1. The summed E-state index contributed by atoms with van der Waals surface area (Å²) in [6, 6.07) is 7.00. The maximum Gasteiger partial charge on any atom is 0.321 e. The molecule has 1 aromatic rings. The quantitative estimate of drug-likeness (QED) is 0.818. The van der Waals surface area contributed by atoms with E-state index in [1.54, 1.807) is 26.3 Å². The predicted octanol–water partition coefficient (Wildman–Crippen LogP) is 1.54. The van der Waals surface area contributed by atoms with Gasteiger partial charge in [-0.25, -0.2) is 4.79 Å². The summed E-state index contributed by atoms with van der Waals surface area (Å²) in [7, 11) is 3.24. The summed E-state index contributed by atoms with van der Waals surface area (Å²) >= 11 is 0. The smallest absolute Gasteiger partial charge is 0.321 e. The zero-order chi connectivity index (χ0) is 12.7. The maximum absolute atomic E-state index is 11.8. The first-order valence-electron chi connectivity index (χ1n) is 5.45. The fourth-order valence-corrected chi connectivity index (χ4v) is 1.37. The number of benzene rings is 1. The number of urea groups is 1. The van der Waals surface area contributed by atoms with Crippen molar-refractivity contribution < 1.29 is 14.6 Å². The number of ether oxygens (including phenoxy) is 1. The Bertz CT molecular complexity index is 369. The van der Waals surface area contributed by atoms with Crippen molar-refractivity contribution in [3.8, 4) is 5.75 Å². The standard InChI is InChI=1S/C12H18N2O3/c1-14(8-5-9-15)12(16)13-10-6-3-4-7-11(10)17-2/h3-4,6-7,15H,5,8-9H2,1-2H3,(H,13,16). The molecule has 0 saturated carbocycles. The molecule has 0 radical (unpaired) electrons. The Morgan fingerprint density at radius 3 is 2.82 bits per heavy atom. The second kappa shape index (κ2) is 6.75. The lowest BCUT2D eigenvalue weighted by Gasteiger charge is -2.18. The van der Waals surface area contributed by atoms with Gasteiger partial charge in [0.2, 0.25) is 0 Å². The van der Waals surface area contributed by atoms with Gasteiger partial charge in [0, 0.05) is 20.2 Å². The highest BCUT2D eigenvalue weighted by atomic mass is 16.5. The molecule has 0 aliphatic carbocycles. The van der Waals surface area contributed by atoms with Crippen LogP contribution < -0.4 is 10.1 Å². The number of hydrogen-bond donors (Lipinski definition) is 2. The van der Waals surface area contributed by atoms with E-state index in [4.69, 9.17) is 9.84 Å². The van der Waals surface area contributed by atoms with Crippen LogP contribution in [0.15, 0.2) is 24.3 Å². The van der Waals surface area contributed by atoms with E-state index in [2.05, 4.69) is 5.32 Å². The number of rotatable bonds is 5. The Morgan fingerprint density at radius 2 is 2.18 bits per heavy atom. The molecular weight excluding hydrogens is 220 g/mol. The molecule has 0 fully saturated rings. The summed E-state index contributed by atoms with van der Waals surface area (Å²) in [6.45, 7) is 0.587. The first kappa shape index (κ1) is 13.3. The van der Waals surface area contributed by atoms with Gasteiger partial charge >= 0.3 is 6.03 Å². The van der Waals surface area contributed by atoms with Crippen LogP contribution in [0.2, 0.25) is 0 Å². The molecule has 5 heteroatoms. The molecule has 0 aliphatic heterocycles. The minimum absolute atomic E-state index is 0.0757. The minimum Gasteiger partial charge on any atom is -0.495 e. The molecule has 0 bridgehead atoms. The van der Waals surface area contributed by atoms with Crippen molar-refractivity contribution in [3.63, 3.8) is 0 Å². The van der Waals surface area contributed by atoms with Gasteiger partial charge in [0.05, 0.1) is 12.8 Å². The first-order valence-corrected chi connectivity index (χ1v) is 5.45. The number of nitrogens with one attached hydrogen (secondary N) is 1. The molecule has 94 valence electrons. The zero-order valence-corrected chi connectivity index (χ0v) is 10.1. The van der Waals surface area contributed by atoms with Crippen molar-refractivity contribution in [2.24, 2.45) is 0 Å². The van der Waals surface area contributed by atoms with Crippen molar-refractivity contribution in [1.82, 2.24) is 4.90 Å². The number of para-hydroxylation sites is 2. The second-order valence-electron chi connectivity index (χ2n) is 3.63. The van der Waals surface area contributed by atoms with Crippen molar-refractivity contribution in [2.75, 3.05) is 32.6 Å². The number of aliphatic hydroxyl groups is 1. The predicted molar refractivity (Wildman–Crippen MR) is 66.3 cm³/mol. The van der Waals surface area contributed by atoms with E-state index in [1.165, 1.54) is 4.90 Å². The van der Waals surface area contributed by atoms with E-state index in [9.17, 15) is 4.79 Å². The summed E-state index contributed by atoms with van der Waals surface area (Å²) in [6.07, 6.45) is 0.565. The second-order valence-corrected chi connectivity index (χ2v) is 3.63. The number of anilines is 1. The molecule has 2 amide bonds. The van der Waals surface area contributed by atoms with Crippen LogP contribution in [0, 0.1) is 0 Å². The van der Waals surface area contributed by atoms with E-state index >= 15 is 0 Å². The lowest BCUT2D eigenvalue weighted by Crippen LogP contribution is -2.32. The Kier molecular flexibility index (Phi) is 5.29. The number of carbonyl (C=O) groups excluding carboxylic acids is 1. The van der Waals surface area contributed by atoms with E-state index in [0.29, 0.717) is 24.4 Å². The highest BCUT2D eigenvalue weighted by Crippen LogP contribution is 2.23. The number of aliphatic hydroxyl groups excluding tert-OH is 1. The third-order valence-electron chi connectivity index (χ3n) is 2.35. The van der Waals surface area contributed by atoms with E-state index < -0.39 is 0 Å². The SMILES string of the molecule is COc1ccccc1NC(=O)N(C)CCCO. The molecule has 0 unspecified atom stereocenters. The Labute approximate surface area is 101 Å². The normalized spacial score (nSPS) is 9.82. The third kappa shape index (κ3) is 3.96. The summed E-state index contributed by atoms with van der Waals surface area (Å²) in [4.78, 5) is 13.3. The number of amides is 2.